The number of carbonyl (C=O) groups is 1. The van der Waals surface area contributed by atoms with Crippen molar-refractivity contribution in [3.05, 3.63) is 93.6 Å². The molecule has 4 aromatic rings. The van der Waals surface area contributed by atoms with E-state index in [9.17, 15) is 14.3 Å². The van der Waals surface area contributed by atoms with Gasteiger partial charge in [-0.15, -0.1) is 11.3 Å². The van der Waals surface area contributed by atoms with E-state index in [1.807, 2.05) is 18.2 Å². The molecule has 1 aliphatic heterocycles. The number of thiophene rings is 1. The number of hydrogen-bond acceptors (Lipinski definition) is 5. The second-order valence-corrected chi connectivity index (χ2v) is 9.88. The first-order valence-electron chi connectivity index (χ1n) is 11.5. The summed E-state index contributed by atoms with van der Waals surface area (Å²) in [6.07, 6.45) is 1.72. The van der Waals surface area contributed by atoms with Crippen molar-refractivity contribution in [2.75, 3.05) is 19.6 Å². The van der Waals surface area contributed by atoms with Gasteiger partial charge in [0.25, 0.3) is 5.91 Å². The summed E-state index contributed by atoms with van der Waals surface area (Å²) in [5, 5.41) is 17.0. The molecule has 0 bridgehead atoms. The average Bonchev–Trinajstić information content (AvgIpc) is 3.51. The fourth-order valence-electron chi connectivity index (χ4n) is 4.54. The van der Waals surface area contributed by atoms with Crippen LogP contribution >= 0.6 is 11.3 Å². The molecular formula is C27H27FN2O3S. The lowest BCUT2D eigenvalue weighted by molar-refractivity contribution is -0.0274. The molecule has 0 atom stereocenters. The molecule has 5 rings (SSSR count). The maximum atomic E-state index is 13.8. The lowest BCUT2D eigenvalue weighted by atomic mass is 9.84. The Morgan fingerprint density at radius 3 is 2.71 bits per heavy atom. The molecule has 0 radical (unpaired) electrons. The zero-order valence-electron chi connectivity index (χ0n) is 18.8. The minimum absolute atomic E-state index is 0.207. The third-order valence-electron chi connectivity index (χ3n) is 6.56. The summed E-state index contributed by atoms with van der Waals surface area (Å²) >= 11 is 1.76. The number of halogens is 1. The average molecular weight is 479 g/mol. The monoisotopic (exact) mass is 478 g/mol. The second kappa shape index (κ2) is 9.70. The Morgan fingerprint density at radius 1 is 1.12 bits per heavy atom. The van der Waals surface area contributed by atoms with Crippen LogP contribution < -0.4 is 5.32 Å². The summed E-state index contributed by atoms with van der Waals surface area (Å²) in [6.45, 7) is 2.88. The molecule has 3 heterocycles. The predicted octanol–water partition coefficient (Wildman–Crippen LogP) is 5.09. The molecule has 1 amide bonds. The Morgan fingerprint density at radius 2 is 1.94 bits per heavy atom. The van der Waals surface area contributed by atoms with Crippen LogP contribution in [-0.4, -0.2) is 35.5 Å². The van der Waals surface area contributed by atoms with Crippen LogP contribution in [0.1, 0.15) is 39.4 Å². The van der Waals surface area contributed by atoms with Gasteiger partial charge in [-0.3, -0.25) is 9.69 Å². The van der Waals surface area contributed by atoms with E-state index >= 15 is 0 Å². The van der Waals surface area contributed by atoms with Gasteiger partial charge in [0.15, 0.2) is 5.76 Å². The van der Waals surface area contributed by atoms with Crippen LogP contribution in [0.25, 0.3) is 11.0 Å². The van der Waals surface area contributed by atoms with Crippen LogP contribution in [-0.2, 0) is 18.6 Å². The molecule has 2 aromatic carbocycles. The van der Waals surface area contributed by atoms with E-state index < -0.39 is 5.60 Å². The van der Waals surface area contributed by atoms with Gasteiger partial charge in [-0.1, -0.05) is 30.3 Å². The lowest BCUT2D eigenvalue weighted by Gasteiger charge is -2.38. The van der Waals surface area contributed by atoms with E-state index in [1.54, 1.807) is 35.6 Å². The van der Waals surface area contributed by atoms with Crippen LogP contribution in [0, 0.1) is 5.82 Å². The maximum absolute atomic E-state index is 13.8. The highest BCUT2D eigenvalue weighted by atomic mass is 32.1. The Balaban J connectivity index is 1.22. The number of hydrogen-bond donors (Lipinski definition) is 2. The number of carbonyl (C=O) groups excluding carboxylic acids is 1. The fraction of sp³-hybridized carbons (Fsp3) is 0.296. The molecule has 1 saturated heterocycles. The molecule has 0 spiro atoms. The first-order valence-corrected chi connectivity index (χ1v) is 12.4. The van der Waals surface area contributed by atoms with Gasteiger partial charge in [0.2, 0.25) is 0 Å². The number of rotatable bonds is 7. The molecule has 0 unspecified atom stereocenters. The van der Waals surface area contributed by atoms with E-state index in [-0.39, 0.29) is 17.5 Å². The topological polar surface area (TPSA) is 65.7 Å². The highest BCUT2D eigenvalue weighted by molar-refractivity contribution is 7.09. The minimum Gasteiger partial charge on any atom is -0.451 e. The van der Waals surface area contributed by atoms with Crippen molar-refractivity contribution in [1.29, 1.82) is 0 Å². The van der Waals surface area contributed by atoms with Crippen LogP contribution in [0.15, 0.2) is 70.5 Å². The Labute approximate surface area is 201 Å². The summed E-state index contributed by atoms with van der Waals surface area (Å²) in [7, 11) is 0. The highest BCUT2D eigenvalue weighted by Crippen LogP contribution is 2.35. The summed E-state index contributed by atoms with van der Waals surface area (Å²) in [5.41, 5.74) is 1.12. The van der Waals surface area contributed by atoms with Crippen LogP contribution in [0.2, 0.25) is 0 Å². The van der Waals surface area contributed by atoms with Crippen molar-refractivity contribution in [3.8, 4) is 0 Å². The fourth-order valence-corrected chi connectivity index (χ4v) is 5.28. The van der Waals surface area contributed by atoms with E-state index in [0.29, 0.717) is 37.0 Å². The number of nitrogens with one attached hydrogen (secondary N) is 1. The standard InChI is InChI=1S/C27H27FN2O3S/c28-23-6-2-1-4-19(23)9-12-29-26(31)25-17-20-16-21(7-8-24(20)33-25)27(32)10-13-30(14-11-27)18-22-5-3-15-34-22/h1-8,15-17,32H,9-14,18H2,(H,29,31). The number of likely N-dealkylation sites (tertiary alicyclic amines) is 1. The van der Waals surface area contributed by atoms with Gasteiger partial charge in [0.05, 0.1) is 5.60 Å². The number of furan rings is 1. The number of amides is 1. The zero-order valence-corrected chi connectivity index (χ0v) is 19.6. The summed E-state index contributed by atoms with van der Waals surface area (Å²) < 4.78 is 19.5. The number of benzene rings is 2. The molecular weight excluding hydrogens is 451 g/mol. The summed E-state index contributed by atoms with van der Waals surface area (Å²) in [5.74, 6) is -0.406. The van der Waals surface area contributed by atoms with Crippen molar-refractivity contribution in [2.24, 2.45) is 0 Å². The number of aliphatic hydroxyl groups is 1. The smallest absolute Gasteiger partial charge is 0.287 e. The van der Waals surface area contributed by atoms with Crippen molar-refractivity contribution in [3.63, 3.8) is 0 Å². The first kappa shape index (κ1) is 22.8. The zero-order chi connectivity index (χ0) is 23.5. The number of fused-ring (bicyclic) bond motifs is 1. The Hall–Kier alpha value is -3.00. The van der Waals surface area contributed by atoms with Gasteiger partial charge in [0, 0.05) is 36.4 Å². The van der Waals surface area contributed by atoms with E-state index in [4.69, 9.17) is 4.42 Å². The quantitative estimate of drug-likeness (QED) is 0.388. The van der Waals surface area contributed by atoms with Crippen LogP contribution in [0.5, 0.6) is 0 Å². The molecule has 176 valence electrons. The van der Waals surface area contributed by atoms with Crippen molar-refractivity contribution in [1.82, 2.24) is 10.2 Å². The number of piperidine rings is 1. The first-order chi connectivity index (χ1) is 16.5. The lowest BCUT2D eigenvalue weighted by Crippen LogP contribution is -2.42. The predicted molar refractivity (Wildman–Crippen MR) is 131 cm³/mol. The largest absolute Gasteiger partial charge is 0.451 e. The number of nitrogens with zero attached hydrogens (tertiary/aromatic N) is 1. The Bertz CT molecular complexity index is 1280. The van der Waals surface area contributed by atoms with Crippen molar-refractivity contribution >= 4 is 28.2 Å². The van der Waals surface area contributed by atoms with E-state index in [2.05, 4.69) is 27.7 Å². The minimum atomic E-state index is -0.889. The molecule has 1 fully saturated rings. The van der Waals surface area contributed by atoms with Gasteiger partial charge in [-0.25, -0.2) is 4.39 Å². The van der Waals surface area contributed by atoms with Gasteiger partial charge < -0.3 is 14.8 Å². The van der Waals surface area contributed by atoms with Gasteiger partial charge in [-0.05, 0) is 66.1 Å². The van der Waals surface area contributed by atoms with E-state index in [0.717, 1.165) is 30.6 Å². The SMILES string of the molecule is O=C(NCCc1ccccc1F)c1cc2cc(C3(O)CCN(Cc4cccs4)CC3)ccc2o1. The summed E-state index contributed by atoms with van der Waals surface area (Å²) in [4.78, 5) is 16.3. The van der Waals surface area contributed by atoms with E-state index in [1.165, 1.54) is 10.9 Å². The normalized spacial score (nSPS) is 16.1. The molecule has 0 saturated carbocycles. The molecule has 5 nitrogen and oxygen atoms in total. The summed E-state index contributed by atoms with van der Waals surface area (Å²) in [6, 6.07) is 18.1. The van der Waals surface area contributed by atoms with Gasteiger partial charge in [0.1, 0.15) is 11.4 Å². The molecule has 2 aromatic heterocycles. The molecule has 1 aliphatic rings. The molecule has 34 heavy (non-hydrogen) atoms. The third kappa shape index (κ3) is 4.92. The van der Waals surface area contributed by atoms with Crippen molar-refractivity contribution < 1.29 is 18.7 Å². The van der Waals surface area contributed by atoms with Crippen LogP contribution in [0.4, 0.5) is 4.39 Å². The van der Waals surface area contributed by atoms with Gasteiger partial charge in [-0.2, -0.15) is 0 Å². The second-order valence-electron chi connectivity index (χ2n) is 8.85. The molecule has 2 N–H and O–H groups in total. The highest BCUT2D eigenvalue weighted by Gasteiger charge is 2.34. The van der Waals surface area contributed by atoms with Crippen LogP contribution in [0.3, 0.4) is 0 Å². The van der Waals surface area contributed by atoms with Gasteiger partial charge >= 0.3 is 0 Å². The Kier molecular flexibility index (Phi) is 6.50. The maximum Gasteiger partial charge on any atom is 0.287 e. The third-order valence-corrected chi connectivity index (χ3v) is 7.42. The molecule has 7 heteroatoms. The van der Waals surface area contributed by atoms with Crippen molar-refractivity contribution in [2.45, 2.75) is 31.4 Å². The molecule has 0 aliphatic carbocycles.